The van der Waals surface area contributed by atoms with Gasteiger partial charge in [0.15, 0.2) is 5.75 Å². The van der Waals surface area contributed by atoms with Gasteiger partial charge in [0.1, 0.15) is 24.2 Å². The van der Waals surface area contributed by atoms with Crippen molar-refractivity contribution < 1.29 is 63.4 Å². The highest BCUT2D eigenvalue weighted by Crippen LogP contribution is 2.27. The first-order valence-corrected chi connectivity index (χ1v) is 17.3. The molecule has 2 heterocycles. The van der Waals surface area contributed by atoms with Gasteiger partial charge in [-0.05, 0) is 30.9 Å². The molecule has 56 heavy (non-hydrogen) atoms. The van der Waals surface area contributed by atoms with Gasteiger partial charge in [-0.2, -0.15) is 0 Å². The van der Waals surface area contributed by atoms with Gasteiger partial charge in [0.05, 0.1) is 43.0 Å². The van der Waals surface area contributed by atoms with Gasteiger partial charge in [-0.1, -0.05) is 6.07 Å². The van der Waals surface area contributed by atoms with Crippen molar-refractivity contribution in [2.45, 2.75) is 81.3 Å². The van der Waals surface area contributed by atoms with Crippen LogP contribution < -0.4 is 43.4 Å². The van der Waals surface area contributed by atoms with Gasteiger partial charge in [-0.15, -0.1) is 0 Å². The summed E-state index contributed by atoms with van der Waals surface area (Å²) in [6.45, 7) is -2.04. The number of carbonyl (C=O) groups is 9. The summed E-state index contributed by atoms with van der Waals surface area (Å²) in [4.78, 5) is 126. The highest BCUT2D eigenvalue weighted by Gasteiger charge is 2.40. The second-order valence-corrected chi connectivity index (χ2v) is 13.1. The minimum Gasteiger partial charge on any atom is -0.502 e. The molecule has 0 saturated carbocycles. The Labute approximate surface area is 317 Å². The maximum atomic E-state index is 13.4. The predicted molar refractivity (Wildman–Crippen MR) is 187 cm³/mol. The Kier molecular flexibility index (Phi) is 15.9. The number of primary amides is 1. The number of nitrogens with one attached hydrogen (secondary N) is 6. The number of nitro groups is 1. The summed E-state index contributed by atoms with van der Waals surface area (Å²) in [7, 11) is 0. The fraction of sp³-hybridized carbons (Fsp3) is 0.531. The van der Waals surface area contributed by atoms with Gasteiger partial charge in [0.2, 0.25) is 47.3 Å². The summed E-state index contributed by atoms with van der Waals surface area (Å²) >= 11 is 0. The second kappa shape index (κ2) is 20.3. The summed E-state index contributed by atoms with van der Waals surface area (Å²) in [5.74, 6) is -9.85. The number of fused-ring (bicyclic) bond motifs is 1. The van der Waals surface area contributed by atoms with E-state index in [0.717, 1.165) is 17.0 Å². The molecule has 24 nitrogen and oxygen atoms in total. The monoisotopic (exact) mass is 792 g/mol. The van der Waals surface area contributed by atoms with E-state index < -0.39 is 138 Å². The van der Waals surface area contributed by atoms with Crippen LogP contribution in [0.3, 0.4) is 0 Å². The summed E-state index contributed by atoms with van der Waals surface area (Å²) in [5.41, 5.74) is 10.6. The zero-order chi connectivity index (χ0) is 41.7. The van der Waals surface area contributed by atoms with E-state index in [2.05, 4.69) is 31.9 Å². The number of nitrogens with two attached hydrogens (primary N) is 2. The molecule has 0 bridgehead atoms. The highest BCUT2D eigenvalue weighted by molar-refractivity contribution is 5.97. The average molecular weight is 793 g/mol. The van der Waals surface area contributed by atoms with Gasteiger partial charge >= 0.3 is 11.7 Å². The first kappa shape index (κ1) is 44.0. The number of rotatable bonds is 7. The van der Waals surface area contributed by atoms with E-state index in [4.69, 9.17) is 11.5 Å². The van der Waals surface area contributed by atoms with E-state index in [0.29, 0.717) is 0 Å². The molecule has 2 aliphatic heterocycles. The van der Waals surface area contributed by atoms with E-state index in [1.165, 1.54) is 6.07 Å². The number of hydrogen-bond donors (Lipinski definition) is 11. The first-order valence-electron chi connectivity index (χ1n) is 17.3. The van der Waals surface area contributed by atoms with E-state index in [9.17, 15) is 68.6 Å². The number of aliphatic hydroxyl groups is 1. The summed E-state index contributed by atoms with van der Waals surface area (Å²) in [5, 5.41) is 54.7. The molecule has 0 radical (unpaired) electrons. The van der Waals surface area contributed by atoms with Crippen LogP contribution in [0.4, 0.5) is 5.69 Å². The van der Waals surface area contributed by atoms with E-state index in [1.54, 1.807) is 0 Å². The van der Waals surface area contributed by atoms with Crippen molar-refractivity contribution in [1.82, 2.24) is 36.8 Å². The number of carbonyl (C=O) groups excluding carboxylic acids is 8. The Bertz CT molecular complexity index is 1720. The fourth-order valence-corrected chi connectivity index (χ4v) is 5.84. The zero-order valence-electron chi connectivity index (χ0n) is 29.9. The number of nitro benzene ring substituents is 1. The topological polar surface area (TPSA) is 385 Å². The number of hydrogen-bond acceptors (Lipinski definition) is 14. The Morgan fingerprint density at radius 3 is 2.14 bits per heavy atom. The van der Waals surface area contributed by atoms with Gasteiger partial charge < -0.3 is 63.6 Å². The Morgan fingerprint density at radius 1 is 0.857 bits per heavy atom. The quantitative estimate of drug-likeness (QED) is 0.0906. The number of phenolic OH excluding ortho intramolecular Hbond substituents is 1. The van der Waals surface area contributed by atoms with E-state index in [-0.39, 0.29) is 44.3 Å². The normalized spacial score (nSPS) is 25.5. The molecule has 8 amide bonds. The average Bonchev–Trinajstić information content (AvgIpc) is 3.53. The van der Waals surface area contributed by atoms with Crippen molar-refractivity contribution in [1.29, 1.82) is 0 Å². The standard InChI is InChI=1S/C32H44N10O14/c33-17-3-1-2-6-35-29(51)19(10-24(34)45)40-32(54)22-9-16(43)14-41(22)26(47)13-37-30(52)18(7-15-4-5-23(44)21(8-15)42(55)56)38-25(46)12-36-31(53)20(11-27(48)49)39-28(17)50/h4-5,8,16-20,22,43-44H,1-3,6-7,9-14,33H2,(H2,34,45)(H,35,51)(H,36,53)(H,37,52)(H,38,46)(H,39,50)(H,40,54)(H,48,49)/t16-,17+,18+,19+,20-,22+/m1/s1. The van der Waals surface area contributed by atoms with Crippen LogP contribution in [0.2, 0.25) is 0 Å². The van der Waals surface area contributed by atoms with Gasteiger partial charge in [-0.25, -0.2) is 0 Å². The maximum absolute atomic E-state index is 13.4. The second-order valence-electron chi connectivity index (χ2n) is 13.1. The molecular formula is C32H44N10O14. The van der Waals surface area contributed by atoms with Crippen molar-refractivity contribution in [3.05, 3.63) is 33.9 Å². The summed E-state index contributed by atoms with van der Waals surface area (Å²) in [6.07, 6.45) is -3.00. The number of aliphatic carboxylic acids is 1. The Hall–Kier alpha value is -6.43. The van der Waals surface area contributed by atoms with Crippen molar-refractivity contribution in [3.63, 3.8) is 0 Å². The number of phenols is 1. The largest absolute Gasteiger partial charge is 0.502 e. The smallest absolute Gasteiger partial charge is 0.310 e. The van der Waals surface area contributed by atoms with Crippen molar-refractivity contribution in [3.8, 4) is 5.75 Å². The Morgan fingerprint density at radius 2 is 1.48 bits per heavy atom. The third-order valence-electron chi connectivity index (χ3n) is 8.69. The third-order valence-corrected chi connectivity index (χ3v) is 8.69. The third kappa shape index (κ3) is 13.2. The van der Waals surface area contributed by atoms with Gasteiger partial charge in [0, 0.05) is 32.0 Å². The lowest BCUT2D eigenvalue weighted by molar-refractivity contribution is -0.385. The molecule has 2 aliphatic rings. The van der Waals surface area contributed by atoms with Crippen LogP contribution >= 0.6 is 0 Å². The molecule has 0 unspecified atom stereocenters. The van der Waals surface area contributed by atoms with Crippen LogP contribution in [0.15, 0.2) is 18.2 Å². The molecule has 24 heteroatoms. The van der Waals surface area contributed by atoms with Crippen molar-refractivity contribution in [2.24, 2.45) is 11.5 Å². The van der Waals surface area contributed by atoms with Crippen LogP contribution in [0, 0.1) is 10.1 Å². The van der Waals surface area contributed by atoms with Crippen molar-refractivity contribution in [2.75, 3.05) is 26.2 Å². The highest BCUT2D eigenvalue weighted by atomic mass is 16.6. The van der Waals surface area contributed by atoms with E-state index in [1.807, 2.05) is 0 Å². The van der Waals surface area contributed by atoms with Gasteiger partial charge in [-0.3, -0.25) is 53.3 Å². The number of carboxylic acids is 1. The number of aromatic hydroxyl groups is 1. The van der Waals surface area contributed by atoms with Gasteiger partial charge in [0.25, 0.3) is 0 Å². The summed E-state index contributed by atoms with van der Waals surface area (Å²) in [6, 6.07) is -4.27. The predicted octanol–water partition coefficient (Wildman–Crippen LogP) is -5.53. The SMILES string of the molecule is NC(=O)C[C@@H]1NC(=O)[C@@H]2C[C@@H](O)CN2C(=O)CNC(=O)[C@H](Cc2ccc(O)c([N+](=O)[O-])c2)NC(=O)CNC(=O)[C@@H](CC(=O)O)NC(=O)[C@@H](N)CCCCNC1=O. The lowest BCUT2D eigenvalue weighted by Gasteiger charge is -2.26. The molecule has 0 aromatic heterocycles. The lowest BCUT2D eigenvalue weighted by Crippen LogP contribution is -2.56. The molecule has 6 atom stereocenters. The number of nitrogens with zero attached hydrogens (tertiary/aromatic N) is 2. The van der Waals surface area contributed by atoms with Crippen LogP contribution in [0.5, 0.6) is 5.75 Å². The zero-order valence-corrected chi connectivity index (χ0v) is 29.9. The maximum Gasteiger partial charge on any atom is 0.310 e. The molecule has 13 N–H and O–H groups in total. The van der Waals surface area contributed by atoms with E-state index >= 15 is 0 Å². The number of carboxylic acid groups (broad SMARTS) is 1. The number of benzene rings is 1. The number of amides is 8. The molecule has 2 fully saturated rings. The lowest BCUT2D eigenvalue weighted by atomic mass is 10.0. The molecule has 1 aromatic rings. The molecule has 2 saturated heterocycles. The fourth-order valence-electron chi connectivity index (χ4n) is 5.84. The molecule has 0 spiro atoms. The van der Waals surface area contributed by atoms with Crippen LogP contribution in [-0.2, 0) is 49.6 Å². The Balaban J connectivity index is 1.92. The minimum atomic E-state index is -1.69. The van der Waals surface area contributed by atoms with Crippen molar-refractivity contribution >= 4 is 58.9 Å². The molecular weight excluding hydrogens is 748 g/mol. The summed E-state index contributed by atoms with van der Waals surface area (Å²) < 4.78 is 0. The van der Waals surface area contributed by atoms with Crippen LogP contribution in [0.25, 0.3) is 0 Å². The molecule has 0 aliphatic carbocycles. The van der Waals surface area contributed by atoms with Crippen LogP contribution in [0.1, 0.15) is 44.1 Å². The van der Waals surface area contributed by atoms with Crippen LogP contribution in [-0.4, -0.2) is 141 Å². The molecule has 306 valence electrons. The molecule has 3 rings (SSSR count). The number of aliphatic hydroxyl groups excluding tert-OH is 1. The molecule has 1 aromatic carbocycles. The minimum absolute atomic E-state index is 0.00841. The first-order chi connectivity index (χ1) is 26.4.